The monoisotopic (exact) mass is 398 g/mol. The summed E-state index contributed by atoms with van der Waals surface area (Å²) in [6.45, 7) is 7.38. The minimum absolute atomic E-state index is 0.0143. The van der Waals surface area contributed by atoms with Crippen LogP contribution in [0.5, 0.6) is 0 Å². The molecular formula is C21H23ClN4O2. The van der Waals surface area contributed by atoms with E-state index in [0.717, 1.165) is 53.2 Å². The minimum atomic E-state index is -0.120. The van der Waals surface area contributed by atoms with Gasteiger partial charge in [0.1, 0.15) is 17.9 Å². The lowest BCUT2D eigenvalue weighted by molar-refractivity contribution is -0.120. The highest BCUT2D eigenvalue weighted by Gasteiger charge is 2.29. The predicted molar refractivity (Wildman–Crippen MR) is 111 cm³/mol. The van der Waals surface area contributed by atoms with Crippen molar-refractivity contribution in [2.75, 3.05) is 23.3 Å². The Morgan fingerprint density at radius 3 is 2.93 bits per heavy atom. The van der Waals surface area contributed by atoms with Gasteiger partial charge in [0, 0.05) is 29.4 Å². The Bertz CT molecular complexity index is 1050. The summed E-state index contributed by atoms with van der Waals surface area (Å²) in [6.07, 6.45) is 3.30. The summed E-state index contributed by atoms with van der Waals surface area (Å²) in [5, 5.41) is 4.59. The van der Waals surface area contributed by atoms with E-state index in [9.17, 15) is 4.79 Å². The zero-order valence-electron chi connectivity index (χ0n) is 16.3. The van der Waals surface area contributed by atoms with Gasteiger partial charge in [-0.2, -0.15) is 0 Å². The lowest BCUT2D eigenvalue weighted by atomic mass is 9.96. The van der Waals surface area contributed by atoms with Gasteiger partial charge in [-0.25, -0.2) is 9.97 Å². The van der Waals surface area contributed by atoms with Crippen molar-refractivity contribution in [1.82, 2.24) is 9.97 Å². The molecule has 3 heterocycles. The van der Waals surface area contributed by atoms with Gasteiger partial charge in [-0.1, -0.05) is 17.7 Å². The number of nitrogens with zero attached hydrogens (tertiary/aromatic N) is 3. The molecule has 4 rings (SSSR count). The molecule has 146 valence electrons. The normalized spacial score (nSPS) is 17.1. The number of benzene rings is 1. The highest BCUT2D eigenvalue weighted by Crippen LogP contribution is 2.33. The molecule has 1 fully saturated rings. The van der Waals surface area contributed by atoms with E-state index in [1.54, 1.807) is 6.07 Å². The number of furan rings is 1. The quantitative estimate of drug-likeness (QED) is 0.694. The second-order valence-corrected chi connectivity index (χ2v) is 7.83. The summed E-state index contributed by atoms with van der Waals surface area (Å²) in [7, 11) is 0. The smallest absolute Gasteiger partial charge is 0.231 e. The summed E-state index contributed by atoms with van der Waals surface area (Å²) in [4.78, 5) is 23.8. The third-order valence-electron chi connectivity index (χ3n) is 5.49. The van der Waals surface area contributed by atoms with Crippen LogP contribution in [0.4, 0.5) is 11.5 Å². The number of fused-ring (bicyclic) bond motifs is 1. The first kappa shape index (κ1) is 18.7. The third kappa shape index (κ3) is 3.44. The van der Waals surface area contributed by atoms with Crippen molar-refractivity contribution in [3.8, 4) is 0 Å². The molecule has 1 atom stereocenters. The molecule has 0 saturated carbocycles. The first-order valence-corrected chi connectivity index (χ1v) is 9.84. The number of carbonyl (C=O) groups is 1. The fourth-order valence-corrected chi connectivity index (χ4v) is 3.92. The van der Waals surface area contributed by atoms with Gasteiger partial charge in [0.25, 0.3) is 0 Å². The van der Waals surface area contributed by atoms with Crippen molar-refractivity contribution >= 4 is 40.1 Å². The van der Waals surface area contributed by atoms with Crippen LogP contribution in [-0.4, -0.2) is 29.0 Å². The molecule has 3 aromatic rings. The zero-order chi connectivity index (χ0) is 19.8. The second-order valence-electron chi connectivity index (χ2n) is 7.39. The van der Waals surface area contributed by atoms with Gasteiger partial charge in [0.2, 0.25) is 11.6 Å². The van der Waals surface area contributed by atoms with Gasteiger partial charge in [-0.15, -0.1) is 0 Å². The maximum Gasteiger partial charge on any atom is 0.231 e. The van der Waals surface area contributed by atoms with Crippen LogP contribution in [0.1, 0.15) is 29.7 Å². The lowest BCUT2D eigenvalue weighted by Crippen LogP contribution is -2.41. The Morgan fingerprint density at radius 2 is 2.11 bits per heavy atom. The number of anilines is 2. The van der Waals surface area contributed by atoms with E-state index in [4.69, 9.17) is 16.0 Å². The van der Waals surface area contributed by atoms with E-state index in [0.29, 0.717) is 17.3 Å². The Balaban J connectivity index is 1.57. The van der Waals surface area contributed by atoms with E-state index in [2.05, 4.69) is 20.2 Å². The average Bonchev–Trinajstić information content (AvgIpc) is 2.99. The van der Waals surface area contributed by atoms with E-state index in [1.807, 2.05) is 32.9 Å². The van der Waals surface area contributed by atoms with Crippen LogP contribution in [0.25, 0.3) is 11.1 Å². The molecule has 1 amide bonds. The highest BCUT2D eigenvalue weighted by atomic mass is 35.5. The van der Waals surface area contributed by atoms with Gasteiger partial charge >= 0.3 is 0 Å². The molecule has 0 radical (unpaired) electrons. The van der Waals surface area contributed by atoms with Crippen molar-refractivity contribution < 1.29 is 9.21 Å². The molecule has 1 saturated heterocycles. The summed E-state index contributed by atoms with van der Waals surface area (Å²) < 4.78 is 5.74. The molecule has 1 aliphatic rings. The van der Waals surface area contributed by atoms with E-state index in [1.165, 1.54) is 6.33 Å². The Labute approximate surface area is 168 Å². The molecule has 28 heavy (non-hydrogen) atoms. The van der Waals surface area contributed by atoms with Crippen LogP contribution in [0, 0.1) is 26.7 Å². The topological polar surface area (TPSA) is 71.3 Å². The van der Waals surface area contributed by atoms with Crippen molar-refractivity contribution in [1.29, 1.82) is 0 Å². The SMILES string of the molecule is Cc1ccc(Cl)cc1NC(=O)[C@H]1CCCN(c2ncnc3oc(C)c(C)c23)C1. The number of rotatable bonds is 3. The average molecular weight is 399 g/mol. The molecule has 1 N–H and O–H groups in total. The minimum Gasteiger partial charge on any atom is -0.443 e. The molecule has 0 unspecified atom stereocenters. The van der Waals surface area contributed by atoms with E-state index in [-0.39, 0.29) is 11.8 Å². The standard InChI is InChI=1S/C21H23ClN4O2/c1-12-6-7-16(22)9-17(12)25-20(27)15-5-4-8-26(10-15)19-18-13(2)14(3)28-21(18)24-11-23-19/h6-7,9,11,15H,4-5,8,10H2,1-3H3,(H,25,27)/t15-/m0/s1. The number of piperidine rings is 1. The molecule has 1 aromatic carbocycles. The van der Waals surface area contributed by atoms with Gasteiger partial charge in [0.15, 0.2) is 0 Å². The van der Waals surface area contributed by atoms with Crippen molar-refractivity contribution in [2.45, 2.75) is 33.6 Å². The van der Waals surface area contributed by atoms with Crippen LogP contribution in [-0.2, 0) is 4.79 Å². The van der Waals surface area contributed by atoms with Gasteiger partial charge in [0.05, 0.1) is 11.3 Å². The number of carbonyl (C=O) groups excluding carboxylic acids is 1. The molecule has 1 aliphatic heterocycles. The zero-order valence-corrected chi connectivity index (χ0v) is 17.0. The van der Waals surface area contributed by atoms with Crippen LogP contribution < -0.4 is 10.2 Å². The molecule has 2 aromatic heterocycles. The first-order chi connectivity index (χ1) is 13.4. The van der Waals surface area contributed by atoms with Crippen molar-refractivity contribution in [3.63, 3.8) is 0 Å². The molecule has 0 aliphatic carbocycles. The van der Waals surface area contributed by atoms with Gasteiger partial charge in [-0.3, -0.25) is 4.79 Å². The fraction of sp³-hybridized carbons (Fsp3) is 0.381. The van der Waals surface area contributed by atoms with Crippen LogP contribution >= 0.6 is 11.6 Å². The first-order valence-electron chi connectivity index (χ1n) is 9.46. The number of amides is 1. The van der Waals surface area contributed by atoms with Crippen LogP contribution in [0.3, 0.4) is 0 Å². The maximum atomic E-state index is 12.9. The predicted octanol–water partition coefficient (Wildman–Crippen LogP) is 4.66. The second kappa shape index (κ2) is 7.43. The molecule has 0 spiro atoms. The Kier molecular flexibility index (Phi) is 4.98. The largest absolute Gasteiger partial charge is 0.443 e. The number of hydrogen-bond acceptors (Lipinski definition) is 5. The fourth-order valence-electron chi connectivity index (χ4n) is 3.75. The molecule has 6 nitrogen and oxygen atoms in total. The molecular weight excluding hydrogens is 376 g/mol. The Hall–Kier alpha value is -2.60. The van der Waals surface area contributed by atoms with Crippen molar-refractivity contribution in [2.24, 2.45) is 5.92 Å². The number of halogens is 1. The number of hydrogen-bond donors (Lipinski definition) is 1. The third-order valence-corrected chi connectivity index (χ3v) is 5.73. The molecule has 7 heteroatoms. The highest BCUT2D eigenvalue weighted by molar-refractivity contribution is 6.31. The maximum absolute atomic E-state index is 12.9. The van der Waals surface area contributed by atoms with E-state index < -0.39 is 0 Å². The van der Waals surface area contributed by atoms with Crippen molar-refractivity contribution in [3.05, 3.63) is 46.4 Å². The lowest BCUT2D eigenvalue weighted by Gasteiger charge is -2.33. The number of aromatic nitrogens is 2. The summed E-state index contributed by atoms with van der Waals surface area (Å²) in [6, 6.07) is 5.53. The van der Waals surface area contributed by atoms with Gasteiger partial charge in [-0.05, 0) is 51.3 Å². The summed E-state index contributed by atoms with van der Waals surface area (Å²) in [5.74, 6) is 1.58. The van der Waals surface area contributed by atoms with Crippen LogP contribution in [0.2, 0.25) is 5.02 Å². The van der Waals surface area contributed by atoms with E-state index >= 15 is 0 Å². The summed E-state index contributed by atoms with van der Waals surface area (Å²) in [5.41, 5.74) is 3.40. The Morgan fingerprint density at radius 1 is 1.29 bits per heavy atom. The molecule has 0 bridgehead atoms. The van der Waals surface area contributed by atoms with Crippen LogP contribution in [0.15, 0.2) is 28.9 Å². The summed E-state index contributed by atoms with van der Waals surface area (Å²) >= 11 is 6.08. The number of aryl methyl sites for hydroxylation is 3. The van der Waals surface area contributed by atoms with Gasteiger partial charge < -0.3 is 14.6 Å². The number of nitrogens with one attached hydrogen (secondary N) is 1.